The van der Waals surface area contributed by atoms with Gasteiger partial charge in [-0.05, 0) is 54.9 Å². The summed E-state index contributed by atoms with van der Waals surface area (Å²) in [4.78, 5) is 25.2. The molecule has 1 unspecified atom stereocenters. The number of fused-ring (bicyclic) bond motifs is 1. The molecule has 35 heavy (non-hydrogen) atoms. The molecule has 1 amide bonds. The molecule has 2 aliphatic rings. The smallest absolute Gasteiger partial charge is 0.246 e. The van der Waals surface area contributed by atoms with Crippen LogP contribution < -0.4 is 10.6 Å². The summed E-state index contributed by atoms with van der Waals surface area (Å²) in [5.74, 6) is 1.29. The molecule has 1 saturated heterocycles. The van der Waals surface area contributed by atoms with Crippen LogP contribution in [0, 0.1) is 5.41 Å². The summed E-state index contributed by atoms with van der Waals surface area (Å²) < 4.78 is 0. The zero-order chi connectivity index (χ0) is 26.0. The number of hydrogen-bond donors (Lipinski definition) is 3. The second-order valence-electron chi connectivity index (χ2n) is 8.22. The maximum atomic E-state index is 11.9. The normalized spacial score (nSPS) is 16.7. The number of aromatic nitrogens is 2. The molecule has 1 aromatic carbocycles. The standard InChI is InChI=1S/C24H30N6O.C2H6.CH4O/c1-3-16-6-8-20(26)19(14-25)23(16)17-5-7-18-21(13-17)27-15-28-24(18)30-11-9-29(10-12-30)22(31)4-2;2*1-2/h4,6,8,14-15,17,25H,2-3,5,7,9-13,26H2,1H3;1-2H3;2H,1H3. The van der Waals surface area contributed by atoms with Crippen molar-refractivity contribution in [3.05, 3.63) is 59.1 Å². The number of benzene rings is 1. The summed E-state index contributed by atoms with van der Waals surface area (Å²) in [6.45, 7) is 12.6. The Morgan fingerprint density at radius 3 is 2.51 bits per heavy atom. The molecule has 8 nitrogen and oxygen atoms in total. The molecule has 4 rings (SSSR count). The van der Waals surface area contributed by atoms with E-state index in [0.717, 1.165) is 63.0 Å². The minimum Gasteiger partial charge on any atom is -0.400 e. The monoisotopic (exact) mass is 480 g/mol. The van der Waals surface area contributed by atoms with E-state index in [1.54, 1.807) is 6.33 Å². The van der Waals surface area contributed by atoms with Crippen LogP contribution in [0.5, 0.6) is 0 Å². The van der Waals surface area contributed by atoms with Crippen LogP contribution in [-0.2, 0) is 24.1 Å². The average molecular weight is 481 g/mol. The lowest BCUT2D eigenvalue weighted by molar-refractivity contribution is -0.126. The van der Waals surface area contributed by atoms with E-state index < -0.39 is 0 Å². The maximum Gasteiger partial charge on any atom is 0.246 e. The number of aliphatic hydroxyl groups excluding tert-OH is 1. The molecule has 0 bridgehead atoms. The molecule has 0 radical (unpaired) electrons. The van der Waals surface area contributed by atoms with E-state index >= 15 is 0 Å². The number of carbonyl (C=O) groups excluding carboxylic acids is 1. The highest BCUT2D eigenvalue weighted by atomic mass is 16.2. The first-order chi connectivity index (χ1) is 17.1. The van der Waals surface area contributed by atoms with Crippen molar-refractivity contribution in [1.29, 1.82) is 5.41 Å². The fourth-order valence-corrected chi connectivity index (χ4v) is 4.96. The van der Waals surface area contributed by atoms with Crippen molar-refractivity contribution in [2.75, 3.05) is 43.9 Å². The first kappa shape index (κ1) is 28.0. The van der Waals surface area contributed by atoms with Crippen molar-refractivity contribution < 1.29 is 9.90 Å². The van der Waals surface area contributed by atoms with Gasteiger partial charge in [-0.2, -0.15) is 0 Å². The van der Waals surface area contributed by atoms with Crippen molar-refractivity contribution in [1.82, 2.24) is 14.9 Å². The summed E-state index contributed by atoms with van der Waals surface area (Å²) in [7, 11) is 1.00. The lowest BCUT2D eigenvalue weighted by atomic mass is 9.78. The minimum absolute atomic E-state index is 0.0110. The van der Waals surface area contributed by atoms with Crippen LogP contribution in [0.15, 0.2) is 31.1 Å². The van der Waals surface area contributed by atoms with Gasteiger partial charge in [0.25, 0.3) is 0 Å². The number of aliphatic hydroxyl groups is 1. The Hall–Kier alpha value is -3.26. The van der Waals surface area contributed by atoms with Crippen molar-refractivity contribution in [2.45, 2.75) is 52.4 Å². The molecule has 1 aromatic heterocycles. The SMILES string of the molecule is C=CC(=O)N1CCN(c2ncnc3c2CCC(c2c(CC)ccc(N)c2C=N)C3)CC1.CC.CO. The van der Waals surface area contributed by atoms with Crippen LogP contribution in [0.4, 0.5) is 11.5 Å². The average Bonchev–Trinajstić information content (AvgIpc) is 2.94. The van der Waals surface area contributed by atoms with E-state index in [1.807, 2.05) is 24.8 Å². The molecule has 1 aliphatic carbocycles. The van der Waals surface area contributed by atoms with Crippen molar-refractivity contribution in [3.63, 3.8) is 0 Å². The maximum absolute atomic E-state index is 11.9. The number of nitrogens with two attached hydrogens (primary N) is 1. The van der Waals surface area contributed by atoms with Crippen LogP contribution in [0.25, 0.3) is 0 Å². The molecule has 0 spiro atoms. The molecule has 1 fully saturated rings. The van der Waals surface area contributed by atoms with Crippen LogP contribution in [0.1, 0.15) is 61.1 Å². The molecule has 0 saturated carbocycles. The van der Waals surface area contributed by atoms with Gasteiger partial charge < -0.3 is 26.0 Å². The van der Waals surface area contributed by atoms with Crippen molar-refractivity contribution in [2.24, 2.45) is 0 Å². The van der Waals surface area contributed by atoms with Crippen LogP contribution >= 0.6 is 0 Å². The van der Waals surface area contributed by atoms with E-state index in [-0.39, 0.29) is 5.91 Å². The number of nitrogen functional groups attached to an aromatic ring is 1. The quantitative estimate of drug-likeness (QED) is 0.343. The number of nitrogens with one attached hydrogen (secondary N) is 1. The number of hydrogen-bond acceptors (Lipinski definition) is 7. The van der Waals surface area contributed by atoms with Gasteiger partial charge in [0.1, 0.15) is 12.1 Å². The number of anilines is 2. The zero-order valence-electron chi connectivity index (χ0n) is 21.5. The van der Waals surface area contributed by atoms with Crippen molar-refractivity contribution >= 4 is 23.6 Å². The van der Waals surface area contributed by atoms with Gasteiger partial charge in [0.15, 0.2) is 0 Å². The van der Waals surface area contributed by atoms with Gasteiger partial charge in [0.05, 0.1) is 0 Å². The highest BCUT2D eigenvalue weighted by Gasteiger charge is 2.30. The molecule has 2 aromatic rings. The lowest BCUT2D eigenvalue weighted by Gasteiger charge is -2.37. The highest BCUT2D eigenvalue weighted by molar-refractivity contribution is 5.88. The van der Waals surface area contributed by atoms with E-state index in [2.05, 4.69) is 34.4 Å². The van der Waals surface area contributed by atoms with Crippen molar-refractivity contribution in [3.8, 4) is 0 Å². The van der Waals surface area contributed by atoms with Crippen LogP contribution in [0.2, 0.25) is 0 Å². The molecule has 1 aliphatic heterocycles. The Morgan fingerprint density at radius 2 is 1.91 bits per heavy atom. The first-order valence-corrected chi connectivity index (χ1v) is 12.4. The molecule has 8 heteroatoms. The molecule has 1 atom stereocenters. The summed E-state index contributed by atoms with van der Waals surface area (Å²) in [5, 5.41) is 14.9. The molecular formula is C27H40N6O2. The Kier molecular flexibility index (Phi) is 10.9. The summed E-state index contributed by atoms with van der Waals surface area (Å²) in [6, 6.07) is 4.01. The van der Waals surface area contributed by atoms with E-state index in [9.17, 15) is 4.79 Å². The number of aryl methyl sites for hydroxylation is 1. The first-order valence-electron chi connectivity index (χ1n) is 12.4. The molecule has 2 heterocycles. The third-order valence-electron chi connectivity index (χ3n) is 6.60. The Labute approximate surface area is 209 Å². The Balaban J connectivity index is 0.00000103. The van der Waals surface area contributed by atoms with Gasteiger partial charge in [-0.1, -0.05) is 33.4 Å². The largest absolute Gasteiger partial charge is 0.400 e. The third-order valence-corrected chi connectivity index (χ3v) is 6.60. The predicted molar refractivity (Wildman–Crippen MR) is 143 cm³/mol. The Bertz CT molecular complexity index is 1010. The number of piperazine rings is 1. The fraction of sp³-hybridized carbons (Fsp3) is 0.481. The minimum atomic E-state index is -0.0110. The number of rotatable bonds is 5. The molecule has 190 valence electrons. The van der Waals surface area contributed by atoms with E-state index in [0.29, 0.717) is 24.7 Å². The topological polar surface area (TPSA) is 119 Å². The third kappa shape index (κ3) is 6.06. The zero-order valence-corrected chi connectivity index (χ0v) is 21.5. The lowest BCUT2D eigenvalue weighted by Crippen LogP contribution is -2.49. The van der Waals surface area contributed by atoms with Gasteiger partial charge in [-0.3, -0.25) is 4.79 Å². The summed E-state index contributed by atoms with van der Waals surface area (Å²) >= 11 is 0. The van der Waals surface area contributed by atoms with Gasteiger partial charge >= 0.3 is 0 Å². The second kappa shape index (κ2) is 13.6. The van der Waals surface area contributed by atoms with Gasteiger partial charge in [-0.15, -0.1) is 0 Å². The second-order valence-corrected chi connectivity index (χ2v) is 8.22. The summed E-state index contributed by atoms with van der Waals surface area (Å²) in [6.07, 6.45) is 8.08. The fourth-order valence-electron chi connectivity index (χ4n) is 4.96. The summed E-state index contributed by atoms with van der Waals surface area (Å²) in [5.41, 5.74) is 12.5. The van der Waals surface area contributed by atoms with Crippen LogP contribution in [-0.4, -0.2) is 65.4 Å². The molecular weight excluding hydrogens is 440 g/mol. The van der Waals surface area contributed by atoms with Gasteiger partial charge in [0, 0.05) is 62.0 Å². The molecule has 4 N–H and O–H groups in total. The highest BCUT2D eigenvalue weighted by Crippen LogP contribution is 2.39. The van der Waals surface area contributed by atoms with Crippen LogP contribution in [0.3, 0.4) is 0 Å². The number of nitrogens with zero attached hydrogens (tertiary/aromatic N) is 4. The Morgan fingerprint density at radius 1 is 1.23 bits per heavy atom. The number of carbonyl (C=O) groups is 1. The van der Waals surface area contributed by atoms with Gasteiger partial charge in [0.2, 0.25) is 5.91 Å². The van der Waals surface area contributed by atoms with Gasteiger partial charge in [-0.25, -0.2) is 9.97 Å². The van der Waals surface area contributed by atoms with E-state index in [4.69, 9.17) is 16.2 Å². The predicted octanol–water partition coefficient (Wildman–Crippen LogP) is 3.36. The number of amides is 1. The van der Waals surface area contributed by atoms with E-state index in [1.165, 1.54) is 29.0 Å².